The molecular formula is C38H30O4S. The number of hydrogen-bond acceptors (Lipinski definition) is 4. The Hall–Kier alpha value is -5.13. The summed E-state index contributed by atoms with van der Waals surface area (Å²) in [7, 11) is -3.82. The smallest absolute Gasteiger partial charge is 0.206 e. The van der Waals surface area contributed by atoms with E-state index >= 15 is 0 Å². The van der Waals surface area contributed by atoms with Gasteiger partial charge in [-0.05, 0) is 96.3 Å². The van der Waals surface area contributed by atoms with Gasteiger partial charge in [0.2, 0.25) is 9.84 Å². The summed E-state index contributed by atoms with van der Waals surface area (Å²) in [6.45, 7) is 4.04. The van der Waals surface area contributed by atoms with E-state index < -0.39 is 9.84 Å². The van der Waals surface area contributed by atoms with E-state index in [-0.39, 0.29) is 15.5 Å². The van der Waals surface area contributed by atoms with Crippen molar-refractivity contribution < 1.29 is 18.3 Å². The van der Waals surface area contributed by atoms with E-state index in [0.29, 0.717) is 17.1 Å². The SMILES string of the molecule is Cc1ccc(-c2cccc(S(=O)(=O)c3ccc(Oc4ccc(-c5ccc(O)cc5)cc4)c(-c4ccc(C)cc4)c3)c2)cc1. The zero-order valence-corrected chi connectivity index (χ0v) is 24.7. The van der Waals surface area contributed by atoms with Gasteiger partial charge in [-0.3, -0.25) is 0 Å². The van der Waals surface area contributed by atoms with E-state index in [9.17, 15) is 13.5 Å². The number of aromatic hydroxyl groups is 1. The quantitative estimate of drug-likeness (QED) is 0.204. The van der Waals surface area contributed by atoms with E-state index in [1.165, 1.54) is 0 Å². The van der Waals surface area contributed by atoms with Gasteiger partial charge in [-0.1, -0.05) is 96.1 Å². The van der Waals surface area contributed by atoms with E-state index in [1.807, 2.05) is 105 Å². The molecule has 6 rings (SSSR count). The predicted octanol–water partition coefficient (Wildman–Crippen LogP) is 9.64. The molecule has 5 heteroatoms. The van der Waals surface area contributed by atoms with Gasteiger partial charge in [0.15, 0.2) is 0 Å². The molecule has 0 aromatic heterocycles. The number of sulfone groups is 1. The molecule has 1 N–H and O–H groups in total. The molecule has 212 valence electrons. The third-order valence-corrected chi connectivity index (χ3v) is 9.18. The average molecular weight is 583 g/mol. The first-order valence-corrected chi connectivity index (χ1v) is 15.5. The summed E-state index contributed by atoms with van der Waals surface area (Å²) >= 11 is 0. The van der Waals surface area contributed by atoms with Crippen molar-refractivity contribution in [1.82, 2.24) is 0 Å². The van der Waals surface area contributed by atoms with Crippen LogP contribution >= 0.6 is 0 Å². The molecule has 0 amide bonds. The fourth-order valence-electron chi connectivity index (χ4n) is 4.95. The molecule has 0 spiro atoms. The van der Waals surface area contributed by atoms with Gasteiger partial charge < -0.3 is 9.84 Å². The number of phenols is 1. The molecule has 0 fully saturated rings. The van der Waals surface area contributed by atoms with Gasteiger partial charge in [0.05, 0.1) is 9.79 Å². The Morgan fingerprint density at radius 1 is 0.512 bits per heavy atom. The van der Waals surface area contributed by atoms with Crippen LogP contribution in [0.5, 0.6) is 17.2 Å². The van der Waals surface area contributed by atoms with Crippen molar-refractivity contribution in [3.05, 3.63) is 151 Å². The Morgan fingerprint density at radius 3 is 1.65 bits per heavy atom. The molecule has 0 aliphatic rings. The fraction of sp³-hybridized carbons (Fsp3) is 0.0526. The summed E-state index contributed by atoms with van der Waals surface area (Å²) in [5.41, 5.74) is 7.55. The molecule has 0 saturated carbocycles. The fourth-order valence-corrected chi connectivity index (χ4v) is 6.28. The zero-order chi connectivity index (χ0) is 30.0. The zero-order valence-electron chi connectivity index (χ0n) is 23.9. The van der Waals surface area contributed by atoms with Gasteiger partial charge in [0.1, 0.15) is 17.2 Å². The summed E-state index contributed by atoms with van der Waals surface area (Å²) in [5, 5.41) is 9.59. The molecule has 4 nitrogen and oxygen atoms in total. The van der Waals surface area contributed by atoms with E-state index in [2.05, 4.69) is 0 Å². The van der Waals surface area contributed by atoms with Crippen molar-refractivity contribution in [3.8, 4) is 50.6 Å². The lowest BCUT2D eigenvalue weighted by atomic mass is 10.0. The summed E-state index contributed by atoms with van der Waals surface area (Å²) in [6.07, 6.45) is 0. The Balaban J connectivity index is 1.36. The van der Waals surface area contributed by atoms with Crippen LogP contribution < -0.4 is 4.74 Å². The lowest BCUT2D eigenvalue weighted by Crippen LogP contribution is -2.03. The average Bonchev–Trinajstić information content (AvgIpc) is 3.03. The van der Waals surface area contributed by atoms with Gasteiger partial charge in [-0.15, -0.1) is 0 Å². The maximum Gasteiger partial charge on any atom is 0.206 e. The van der Waals surface area contributed by atoms with Gasteiger partial charge in [-0.2, -0.15) is 0 Å². The molecule has 0 atom stereocenters. The highest BCUT2D eigenvalue weighted by molar-refractivity contribution is 7.91. The number of rotatable bonds is 7. The maximum absolute atomic E-state index is 13.9. The summed E-state index contributed by atoms with van der Waals surface area (Å²) in [4.78, 5) is 0.429. The normalized spacial score (nSPS) is 11.3. The monoisotopic (exact) mass is 582 g/mol. The second-order valence-electron chi connectivity index (χ2n) is 10.6. The maximum atomic E-state index is 13.9. The molecule has 0 bridgehead atoms. The molecule has 0 heterocycles. The molecule has 0 saturated heterocycles. The van der Waals surface area contributed by atoms with Crippen LogP contribution in [-0.2, 0) is 9.84 Å². The predicted molar refractivity (Wildman–Crippen MR) is 172 cm³/mol. The Kier molecular flexibility index (Phi) is 7.58. The highest BCUT2D eigenvalue weighted by atomic mass is 32.2. The van der Waals surface area contributed by atoms with Crippen molar-refractivity contribution >= 4 is 9.84 Å². The van der Waals surface area contributed by atoms with Gasteiger partial charge >= 0.3 is 0 Å². The Morgan fingerprint density at radius 2 is 1.02 bits per heavy atom. The van der Waals surface area contributed by atoms with Gasteiger partial charge in [0, 0.05) is 5.56 Å². The minimum Gasteiger partial charge on any atom is -0.508 e. The van der Waals surface area contributed by atoms with Crippen LogP contribution in [-0.4, -0.2) is 13.5 Å². The van der Waals surface area contributed by atoms with Crippen LogP contribution in [0.1, 0.15) is 11.1 Å². The third kappa shape index (κ3) is 6.08. The summed E-state index contributed by atoms with van der Waals surface area (Å²) in [5.74, 6) is 1.39. The number of ether oxygens (including phenoxy) is 1. The van der Waals surface area contributed by atoms with Crippen LogP contribution in [0.3, 0.4) is 0 Å². The van der Waals surface area contributed by atoms with Crippen molar-refractivity contribution in [1.29, 1.82) is 0 Å². The van der Waals surface area contributed by atoms with E-state index in [0.717, 1.165) is 38.9 Å². The van der Waals surface area contributed by atoms with Crippen LogP contribution in [0.15, 0.2) is 149 Å². The lowest BCUT2D eigenvalue weighted by Gasteiger charge is -2.15. The highest BCUT2D eigenvalue weighted by Crippen LogP contribution is 2.38. The van der Waals surface area contributed by atoms with Crippen molar-refractivity contribution in [3.63, 3.8) is 0 Å². The first-order chi connectivity index (χ1) is 20.8. The van der Waals surface area contributed by atoms with Crippen molar-refractivity contribution in [2.75, 3.05) is 0 Å². The number of aryl methyl sites for hydroxylation is 2. The van der Waals surface area contributed by atoms with Crippen LogP contribution in [0.2, 0.25) is 0 Å². The topological polar surface area (TPSA) is 63.6 Å². The second kappa shape index (κ2) is 11.6. The largest absolute Gasteiger partial charge is 0.508 e. The van der Waals surface area contributed by atoms with E-state index in [4.69, 9.17) is 4.74 Å². The van der Waals surface area contributed by atoms with Crippen LogP contribution in [0, 0.1) is 13.8 Å². The minimum atomic E-state index is -3.82. The minimum absolute atomic E-state index is 0.194. The van der Waals surface area contributed by atoms with E-state index in [1.54, 1.807) is 48.5 Å². The molecule has 43 heavy (non-hydrogen) atoms. The van der Waals surface area contributed by atoms with Gasteiger partial charge in [-0.25, -0.2) is 8.42 Å². The third-order valence-electron chi connectivity index (χ3n) is 7.44. The Bertz CT molecular complexity index is 1990. The highest BCUT2D eigenvalue weighted by Gasteiger charge is 2.21. The standard InChI is InChI=1S/C38H30O4S/c1-26-6-10-30(11-7-26)32-4-3-5-35(24-32)43(40,41)36-22-23-38(37(25-36)31-12-8-27(2)9-13-31)42-34-20-16-29(17-21-34)28-14-18-33(39)19-15-28/h3-25,39H,1-2H3. The molecule has 0 aliphatic carbocycles. The molecule has 0 aliphatic heterocycles. The number of phenolic OH excluding ortho intramolecular Hbond substituents is 1. The van der Waals surface area contributed by atoms with Gasteiger partial charge in [0.25, 0.3) is 0 Å². The summed E-state index contributed by atoms with van der Waals surface area (Å²) in [6, 6.07) is 42.7. The Labute approximate surface area is 252 Å². The van der Waals surface area contributed by atoms with Crippen molar-refractivity contribution in [2.45, 2.75) is 23.6 Å². The van der Waals surface area contributed by atoms with Crippen LogP contribution in [0.25, 0.3) is 33.4 Å². The number of benzene rings is 6. The first-order valence-electron chi connectivity index (χ1n) is 14.0. The van der Waals surface area contributed by atoms with Crippen molar-refractivity contribution in [2.24, 2.45) is 0 Å². The summed E-state index contributed by atoms with van der Waals surface area (Å²) < 4.78 is 34.2. The second-order valence-corrected chi connectivity index (χ2v) is 12.5. The molecule has 6 aromatic rings. The molecule has 0 unspecified atom stereocenters. The molecule has 0 radical (unpaired) electrons. The molecule has 6 aromatic carbocycles. The van der Waals surface area contributed by atoms with Crippen LogP contribution in [0.4, 0.5) is 0 Å². The number of hydrogen-bond donors (Lipinski definition) is 1. The first kappa shape index (κ1) is 28.0. The lowest BCUT2D eigenvalue weighted by molar-refractivity contribution is 0.475. The molecular weight excluding hydrogens is 552 g/mol.